The lowest BCUT2D eigenvalue weighted by atomic mass is 10.1. The number of aromatic nitrogens is 3. The topological polar surface area (TPSA) is 94.3 Å². The Morgan fingerprint density at radius 3 is 2.57 bits per heavy atom. The number of aromatic hydroxyl groups is 1. The van der Waals surface area contributed by atoms with Crippen molar-refractivity contribution in [2.24, 2.45) is 0 Å². The number of anilines is 2. The maximum absolute atomic E-state index is 13.2. The monoisotopic (exact) mass is 494 g/mol. The molecule has 0 aliphatic carbocycles. The number of likely N-dealkylation sites (N-methyl/N-ethyl adjacent to an activating group) is 1. The highest BCUT2D eigenvalue weighted by Gasteiger charge is 2.30. The van der Waals surface area contributed by atoms with E-state index in [0.29, 0.717) is 35.9 Å². The van der Waals surface area contributed by atoms with E-state index in [9.17, 15) is 19.1 Å². The van der Waals surface area contributed by atoms with Gasteiger partial charge in [-0.1, -0.05) is 12.1 Å². The SMILES string of the molecule is CN1CCN(c2cc(N(C)C)cn3c(=O)c(O)c(-c4ncc(Cc5ccc(F)cc5)s4)nc23)C1=O. The van der Waals surface area contributed by atoms with Crippen LogP contribution in [0.25, 0.3) is 16.3 Å². The molecule has 0 spiro atoms. The molecule has 1 saturated heterocycles. The number of benzene rings is 1. The predicted octanol–water partition coefficient (Wildman–Crippen LogP) is 3.19. The fourth-order valence-electron chi connectivity index (χ4n) is 3.96. The van der Waals surface area contributed by atoms with Crippen molar-refractivity contribution in [3.8, 4) is 16.5 Å². The van der Waals surface area contributed by atoms with Crippen LogP contribution in [0.3, 0.4) is 0 Å². The van der Waals surface area contributed by atoms with Gasteiger partial charge in [-0.15, -0.1) is 11.3 Å². The van der Waals surface area contributed by atoms with Crippen molar-refractivity contribution in [1.82, 2.24) is 19.3 Å². The van der Waals surface area contributed by atoms with Gasteiger partial charge in [0.15, 0.2) is 5.65 Å². The largest absolute Gasteiger partial charge is 0.501 e. The molecular formula is C24H23FN6O3S. The van der Waals surface area contributed by atoms with Gasteiger partial charge in [0.25, 0.3) is 0 Å². The summed E-state index contributed by atoms with van der Waals surface area (Å²) in [4.78, 5) is 40.9. The summed E-state index contributed by atoms with van der Waals surface area (Å²) in [5.41, 5.74) is 1.74. The number of halogens is 1. The lowest BCUT2D eigenvalue weighted by Gasteiger charge is -2.22. The van der Waals surface area contributed by atoms with Crippen molar-refractivity contribution in [2.75, 3.05) is 44.0 Å². The van der Waals surface area contributed by atoms with E-state index in [1.807, 2.05) is 25.1 Å². The number of fused-ring (bicyclic) bond motifs is 1. The summed E-state index contributed by atoms with van der Waals surface area (Å²) in [6.45, 7) is 0.999. The van der Waals surface area contributed by atoms with E-state index >= 15 is 0 Å². The van der Waals surface area contributed by atoms with Gasteiger partial charge in [-0.3, -0.25) is 14.1 Å². The molecule has 1 aliphatic rings. The number of hydrogen-bond donors (Lipinski definition) is 1. The maximum Gasteiger partial charge on any atom is 0.324 e. The molecule has 0 saturated carbocycles. The van der Waals surface area contributed by atoms with Gasteiger partial charge in [0, 0.05) is 57.9 Å². The molecular weight excluding hydrogens is 471 g/mol. The van der Waals surface area contributed by atoms with E-state index in [1.165, 1.54) is 27.9 Å². The van der Waals surface area contributed by atoms with Crippen molar-refractivity contribution in [1.29, 1.82) is 0 Å². The molecule has 4 aromatic rings. The number of hydrogen-bond acceptors (Lipinski definition) is 7. The van der Waals surface area contributed by atoms with Crippen molar-refractivity contribution < 1.29 is 14.3 Å². The third kappa shape index (κ3) is 4.08. The average molecular weight is 495 g/mol. The van der Waals surface area contributed by atoms with Crippen molar-refractivity contribution in [2.45, 2.75) is 6.42 Å². The highest BCUT2D eigenvalue weighted by Crippen LogP contribution is 2.34. The van der Waals surface area contributed by atoms with E-state index in [4.69, 9.17) is 0 Å². The molecule has 5 rings (SSSR count). The molecule has 3 aromatic heterocycles. The van der Waals surface area contributed by atoms with E-state index in [0.717, 1.165) is 10.4 Å². The fourth-order valence-corrected chi connectivity index (χ4v) is 4.90. The van der Waals surface area contributed by atoms with E-state index < -0.39 is 11.3 Å². The Morgan fingerprint density at radius 1 is 1.17 bits per heavy atom. The number of amides is 2. The van der Waals surface area contributed by atoms with Crippen LogP contribution in [-0.4, -0.2) is 64.6 Å². The number of urea groups is 1. The first-order chi connectivity index (χ1) is 16.7. The molecule has 1 N–H and O–H groups in total. The zero-order valence-corrected chi connectivity index (χ0v) is 20.2. The van der Waals surface area contributed by atoms with Gasteiger partial charge in [0.2, 0.25) is 5.75 Å². The summed E-state index contributed by atoms with van der Waals surface area (Å²) in [5, 5.41) is 11.2. The van der Waals surface area contributed by atoms with E-state index in [2.05, 4.69) is 9.97 Å². The molecule has 1 fully saturated rings. The summed E-state index contributed by atoms with van der Waals surface area (Å²) in [6.07, 6.45) is 3.77. The molecule has 35 heavy (non-hydrogen) atoms. The quantitative estimate of drug-likeness (QED) is 0.458. The number of rotatable bonds is 5. The number of thiazole rings is 1. The Balaban J connectivity index is 1.63. The van der Waals surface area contributed by atoms with Crippen LogP contribution in [0, 0.1) is 5.82 Å². The standard InChI is InChI=1S/C24H23FN6O3S/c1-28(2)16-11-18(30-9-8-29(3)24(30)34)21-27-19(20(32)23(33)31(21)13-16)22-26-12-17(35-22)10-14-4-6-15(25)7-5-14/h4-7,11-13,32H,8-10H2,1-3H3. The summed E-state index contributed by atoms with van der Waals surface area (Å²) >= 11 is 1.29. The third-order valence-corrected chi connectivity index (χ3v) is 6.94. The number of carbonyl (C=O) groups is 1. The molecule has 0 radical (unpaired) electrons. The van der Waals surface area contributed by atoms with Crippen LogP contribution < -0.4 is 15.4 Å². The summed E-state index contributed by atoms with van der Waals surface area (Å²) in [5.74, 6) is -0.822. The van der Waals surface area contributed by atoms with Gasteiger partial charge in [0.05, 0.1) is 11.4 Å². The molecule has 11 heteroatoms. The van der Waals surface area contributed by atoms with Gasteiger partial charge < -0.3 is 14.9 Å². The Bertz CT molecular complexity index is 1500. The van der Waals surface area contributed by atoms with Gasteiger partial charge >= 0.3 is 11.6 Å². The second-order valence-electron chi connectivity index (χ2n) is 8.58. The smallest absolute Gasteiger partial charge is 0.324 e. The van der Waals surface area contributed by atoms with Gasteiger partial charge in [-0.25, -0.2) is 19.2 Å². The molecule has 0 atom stereocenters. The minimum atomic E-state index is -0.648. The van der Waals surface area contributed by atoms with Crippen LogP contribution in [-0.2, 0) is 6.42 Å². The molecule has 1 aromatic carbocycles. The molecule has 0 unspecified atom stereocenters. The van der Waals surface area contributed by atoms with Crippen LogP contribution in [0.15, 0.2) is 47.5 Å². The molecule has 0 bridgehead atoms. The summed E-state index contributed by atoms with van der Waals surface area (Å²) < 4.78 is 14.5. The Labute approximate surface area is 204 Å². The zero-order valence-electron chi connectivity index (χ0n) is 19.4. The lowest BCUT2D eigenvalue weighted by Crippen LogP contribution is -2.31. The Kier molecular flexibility index (Phi) is 5.64. The maximum atomic E-state index is 13.2. The highest BCUT2D eigenvalue weighted by atomic mass is 32.1. The number of carbonyl (C=O) groups excluding carboxylic acids is 1. The van der Waals surface area contributed by atoms with Crippen molar-refractivity contribution in [3.05, 3.63) is 69.3 Å². The summed E-state index contributed by atoms with van der Waals surface area (Å²) in [7, 11) is 5.37. The minimum absolute atomic E-state index is 0.0595. The van der Waals surface area contributed by atoms with Crippen LogP contribution in [0.4, 0.5) is 20.6 Å². The van der Waals surface area contributed by atoms with Crippen LogP contribution in [0.2, 0.25) is 0 Å². The molecule has 4 heterocycles. The van der Waals surface area contributed by atoms with Gasteiger partial charge in [-0.2, -0.15) is 0 Å². The lowest BCUT2D eigenvalue weighted by molar-refractivity contribution is 0.229. The second kappa shape index (κ2) is 8.66. The normalized spacial score (nSPS) is 13.8. The van der Waals surface area contributed by atoms with Crippen LogP contribution in [0.5, 0.6) is 5.75 Å². The number of nitrogens with zero attached hydrogens (tertiary/aromatic N) is 6. The average Bonchev–Trinajstić information content (AvgIpc) is 3.43. The Hall–Kier alpha value is -3.99. The molecule has 2 amide bonds. The van der Waals surface area contributed by atoms with Crippen molar-refractivity contribution in [3.63, 3.8) is 0 Å². The van der Waals surface area contributed by atoms with Crippen LogP contribution >= 0.6 is 11.3 Å². The summed E-state index contributed by atoms with van der Waals surface area (Å²) in [6, 6.07) is 7.81. The zero-order chi connectivity index (χ0) is 24.9. The minimum Gasteiger partial charge on any atom is -0.501 e. The predicted molar refractivity (Wildman–Crippen MR) is 133 cm³/mol. The van der Waals surface area contributed by atoms with E-state index in [-0.39, 0.29) is 23.2 Å². The van der Waals surface area contributed by atoms with Gasteiger partial charge in [0.1, 0.15) is 16.5 Å². The number of pyridine rings is 1. The fraction of sp³-hybridized carbons (Fsp3) is 0.250. The molecule has 9 nitrogen and oxygen atoms in total. The first kappa shape index (κ1) is 22.8. The second-order valence-corrected chi connectivity index (χ2v) is 9.69. The van der Waals surface area contributed by atoms with E-state index in [1.54, 1.807) is 41.4 Å². The van der Waals surface area contributed by atoms with Gasteiger partial charge in [-0.05, 0) is 23.8 Å². The Morgan fingerprint density at radius 2 is 1.91 bits per heavy atom. The molecule has 180 valence electrons. The molecule has 1 aliphatic heterocycles. The first-order valence-corrected chi connectivity index (χ1v) is 11.7. The third-order valence-electron chi connectivity index (χ3n) is 5.94. The van der Waals surface area contributed by atoms with Crippen LogP contribution in [0.1, 0.15) is 10.4 Å². The first-order valence-electron chi connectivity index (χ1n) is 10.9. The highest BCUT2D eigenvalue weighted by molar-refractivity contribution is 7.15. The van der Waals surface area contributed by atoms with Crippen molar-refractivity contribution >= 4 is 34.4 Å².